The normalized spacial score (nSPS) is 11.3. The molecule has 0 fully saturated rings. The lowest BCUT2D eigenvalue weighted by molar-refractivity contribution is -0.170. The van der Waals surface area contributed by atoms with E-state index in [1.165, 1.54) is 36.4 Å². The van der Waals surface area contributed by atoms with Crippen LogP contribution in [-0.4, -0.2) is 23.2 Å². The minimum atomic E-state index is -5.15. The Morgan fingerprint density at radius 1 is 1.08 bits per heavy atom. The van der Waals surface area contributed by atoms with Gasteiger partial charge in [0, 0.05) is 15.7 Å². The summed E-state index contributed by atoms with van der Waals surface area (Å²) in [4.78, 5) is 22.9. The first-order valence-corrected chi connectivity index (χ1v) is 8.00. The van der Waals surface area contributed by atoms with E-state index in [0.29, 0.717) is 14.9 Å². The van der Waals surface area contributed by atoms with Gasteiger partial charge in [0.05, 0.1) is 13.0 Å². The molecule has 1 amide bonds. The smallest absolute Gasteiger partial charge is 0.471 e. The summed E-state index contributed by atoms with van der Waals surface area (Å²) in [6.07, 6.45) is -5.46. The first-order valence-electron chi connectivity index (χ1n) is 7.21. The molecule has 1 N–H and O–H groups in total. The van der Waals surface area contributed by atoms with Crippen LogP contribution in [0.5, 0.6) is 0 Å². The van der Waals surface area contributed by atoms with Crippen molar-refractivity contribution in [2.45, 2.75) is 19.1 Å². The van der Waals surface area contributed by atoms with Gasteiger partial charge >= 0.3 is 18.1 Å². The van der Waals surface area contributed by atoms with Crippen LogP contribution < -0.4 is 4.90 Å². The number of benzene rings is 2. The largest absolute Gasteiger partial charge is 0.481 e. The highest BCUT2D eigenvalue weighted by atomic mass is 79.9. The number of hydrogen-bond acceptors (Lipinski definition) is 2. The van der Waals surface area contributed by atoms with Gasteiger partial charge in [-0.05, 0) is 29.8 Å². The van der Waals surface area contributed by atoms with Gasteiger partial charge in [0.2, 0.25) is 0 Å². The second-order valence-electron chi connectivity index (χ2n) is 5.36. The Morgan fingerprint density at radius 2 is 1.69 bits per heavy atom. The van der Waals surface area contributed by atoms with Crippen LogP contribution in [0, 0.1) is 5.82 Å². The van der Waals surface area contributed by atoms with Gasteiger partial charge in [0.15, 0.2) is 0 Å². The van der Waals surface area contributed by atoms with Crippen molar-refractivity contribution < 1.29 is 32.3 Å². The third-order valence-corrected chi connectivity index (χ3v) is 3.93. The Bertz CT molecular complexity index is 822. The number of alkyl halides is 3. The fourth-order valence-electron chi connectivity index (χ4n) is 2.22. The number of halogens is 5. The molecule has 0 aliphatic carbocycles. The number of carboxylic acid groups (broad SMARTS) is 1. The molecule has 0 unspecified atom stereocenters. The molecule has 0 saturated heterocycles. The van der Waals surface area contributed by atoms with Gasteiger partial charge in [0.25, 0.3) is 0 Å². The first-order chi connectivity index (χ1) is 12.1. The summed E-state index contributed by atoms with van der Waals surface area (Å²) in [5.74, 6) is -4.01. The number of carboxylic acids is 1. The molecule has 26 heavy (non-hydrogen) atoms. The molecule has 2 rings (SSSR count). The molecule has 138 valence electrons. The molecule has 0 saturated carbocycles. The highest BCUT2D eigenvalue weighted by Crippen LogP contribution is 2.27. The Morgan fingerprint density at radius 3 is 2.19 bits per heavy atom. The number of nitrogens with zero attached hydrogens (tertiary/aromatic N) is 1. The van der Waals surface area contributed by atoms with E-state index in [1.54, 1.807) is 0 Å². The van der Waals surface area contributed by atoms with E-state index in [1.807, 2.05) is 0 Å². The number of carbonyl (C=O) groups excluding carboxylic acids is 1. The maximum absolute atomic E-state index is 14.0. The molecule has 0 spiro atoms. The lowest BCUT2D eigenvalue weighted by Gasteiger charge is -2.24. The monoisotopic (exact) mass is 433 g/mol. The van der Waals surface area contributed by atoms with Crippen LogP contribution in [0.25, 0.3) is 0 Å². The number of anilines is 1. The summed E-state index contributed by atoms with van der Waals surface area (Å²) in [5.41, 5.74) is 0.139. The van der Waals surface area contributed by atoms with Crippen molar-refractivity contribution in [3.8, 4) is 0 Å². The molecule has 0 aliphatic heterocycles. The number of carbonyl (C=O) groups is 2. The van der Waals surface area contributed by atoms with Gasteiger partial charge < -0.3 is 10.0 Å². The Balaban J connectivity index is 2.38. The van der Waals surface area contributed by atoms with Gasteiger partial charge in [0.1, 0.15) is 5.82 Å². The van der Waals surface area contributed by atoms with Gasteiger partial charge in [-0.1, -0.05) is 34.1 Å². The fraction of sp³-hybridized carbons (Fsp3) is 0.176. The molecule has 0 atom stereocenters. The van der Waals surface area contributed by atoms with Crippen molar-refractivity contribution in [3.05, 3.63) is 63.9 Å². The zero-order valence-electron chi connectivity index (χ0n) is 13.1. The molecular formula is C17H12BrF4NO3. The van der Waals surface area contributed by atoms with Gasteiger partial charge in [-0.15, -0.1) is 0 Å². The molecule has 0 heterocycles. The van der Waals surface area contributed by atoms with Crippen molar-refractivity contribution in [3.63, 3.8) is 0 Å². The van der Waals surface area contributed by atoms with Crippen LogP contribution >= 0.6 is 15.9 Å². The van der Waals surface area contributed by atoms with E-state index in [2.05, 4.69) is 15.9 Å². The second kappa shape index (κ2) is 7.86. The number of amides is 1. The summed E-state index contributed by atoms with van der Waals surface area (Å²) in [5, 5.41) is 8.73. The summed E-state index contributed by atoms with van der Waals surface area (Å²) < 4.78 is 53.2. The Kier molecular flexibility index (Phi) is 6.01. The quantitative estimate of drug-likeness (QED) is 0.714. The van der Waals surface area contributed by atoms with E-state index in [0.717, 1.165) is 6.07 Å². The maximum Gasteiger partial charge on any atom is 0.471 e. The fourth-order valence-corrected chi connectivity index (χ4v) is 2.56. The average Bonchev–Trinajstić information content (AvgIpc) is 2.53. The summed E-state index contributed by atoms with van der Waals surface area (Å²) >= 11 is 3.05. The molecule has 0 aromatic heterocycles. The predicted molar refractivity (Wildman–Crippen MR) is 89.1 cm³/mol. The van der Waals surface area contributed by atoms with Crippen molar-refractivity contribution in [1.29, 1.82) is 0 Å². The summed E-state index contributed by atoms with van der Waals surface area (Å²) in [6.45, 7) is -0.629. The van der Waals surface area contributed by atoms with Crippen molar-refractivity contribution in [2.75, 3.05) is 4.90 Å². The van der Waals surface area contributed by atoms with Crippen LogP contribution in [0.3, 0.4) is 0 Å². The molecule has 2 aromatic rings. The van der Waals surface area contributed by atoms with Gasteiger partial charge in [-0.2, -0.15) is 13.2 Å². The lowest BCUT2D eigenvalue weighted by atomic mass is 10.1. The van der Waals surface area contributed by atoms with E-state index < -0.39 is 30.4 Å². The molecular weight excluding hydrogens is 422 g/mol. The number of hydrogen-bond donors (Lipinski definition) is 1. The Hall–Kier alpha value is -2.42. The van der Waals surface area contributed by atoms with Gasteiger partial charge in [-0.25, -0.2) is 4.39 Å². The molecule has 9 heteroatoms. The van der Waals surface area contributed by atoms with Gasteiger partial charge in [-0.3, -0.25) is 9.59 Å². The third kappa shape index (κ3) is 5.04. The molecule has 2 aromatic carbocycles. The molecule has 4 nitrogen and oxygen atoms in total. The minimum Gasteiger partial charge on any atom is -0.481 e. The van der Waals surface area contributed by atoms with Crippen LogP contribution in [0.1, 0.15) is 11.1 Å². The van der Waals surface area contributed by atoms with E-state index in [4.69, 9.17) is 5.11 Å². The highest BCUT2D eigenvalue weighted by Gasteiger charge is 2.43. The van der Waals surface area contributed by atoms with E-state index in [9.17, 15) is 27.2 Å². The van der Waals surface area contributed by atoms with Crippen LogP contribution in [0.4, 0.5) is 23.2 Å². The summed E-state index contributed by atoms with van der Waals surface area (Å²) in [7, 11) is 0. The minimum absolute atomic E-state index is 0.0968. The molecule has 0 aliphatic rings. The zero-order valence-corrected chi connectivity index (χ0v) is 14.6. The maximum atomic E-state index is 14.0. The standard InChI is InChI=1S/C17H12BrF4NO3/c18-12-4-3-11(14(19)8-12)9-23(16(26)17(20,21)22)13-5-1-10(2-6-13)7-15(24)25/h1-6,8H,7,9H2,(H,24,25). The third-order valence-electron chi connectivity index (χ3n) is 3.43. The van der Waals surface area contributed by atoms with Crippen molar-refractivity contribution in [2.24, 2.45) is 0 Å². The first kappa shape index (κ1) is 19.9. The number of aliphatic carboxylic acids is 1. The van der Waals surface area contributed by atoms with E-state index in [-0.39, 0.29) is 17.7 Å². The van der Waals surface area contributed by atoms with Crippen molar-refractivity contribution >= 4 is 33.5 Å². The van der Waals surface area contributed by atoms with Crippen LogP contribution in [0.2, 0.25) is 0 Å². The molecule has 0 bridgehead atoms. The lowest BCUT2D eigenvalue weighted by Crippen LogP contribution is -2.41. The van der Waals surface area contributed by atoms with Crippen LogP contribution in [0.15, 0.2) is 46.9 Å². The predicted octanol–water partition coefficient (Wildman–Crippen LogP) is 4.31. The van der Waals surface area contributed by atoms with Crippen LogP contribution in [-0.2, 0) is 22.6 Å². The molecule has 0 radical (unpaired) electrons. The topological polar surface area (TPSA) is 57.6 Å². The summed E-state index contributed by atoms with van der Waals surface area (Å²) in [6, 6.07) is 8.80. The highest BCUT2D eigenvalue weighted by molar-refractivity contribution is 9.10. The van der Waals surface area contributed by atoms with E-state index >= 15 is 0 Å². The number of rotatable bonds is 5. The van der Waals surface area contributed by atoms with Crippen molar-refractivity contribution in [1.82, 2.24) is 0 Å². The zero-order chi connectivity index (χ0) is 19.5. The second-order valence-corrected chi connectivity index (χ2v) is 6.28. The SMILES string of the molecule is O=C(O)Cc1ccc(N(Cc2ccc(Br)cc2F)C(=O)C(F)(F)F)cc1. The Labute approximate surface area is 154 Å². The average molecular weight is 434 g/mol.